The van der Waals surface area contributed by atoms with Crippen molar-refractivity contribution in [2.24, 2.45) is 0 Å². The Morgan fingerprint density at radius 2 is 2.00 bits per heavy atom. The lowest BCUT2D eigenvalue weighted by atomic mass is 10.2. The maximum absolute atomic E-state index is 10.1. The first kappa shape index (κ1) is 9.59. The van der Waals surface area contributed by atoms with Gasteiger partial charge in [-0.25, -0.2) is 0 Å². The van der Waals surface area contributed by atoms with E-state index in [4.69, 9.17) is 0 Å². The second-order valence-corrected chi connectivity index (χ2v) is 3.26. The van der Waals surface area contributed by atoms with Crippen molar-refractivity contribution in [3.8, 4) is 0 Å². The standard InChI is InChI=1S/C13H11NO/c15-10-4-3-6-12-9-8-11-5-1-2-7-13(11)14-12/h1-5,7-10H,6H2. The Balaban J connectivity index is 2.30. The van der Waals surface area contributed by atoms with Crippen molar-refractivity contribution in [1.29, 1.82) is 0 Å². The molecule has 0 spiro atoms. The molecule has 0 fully saturated rings. The summed E-state index contributed by atoms with van der Waals surface area (Å²) in [6.07, 6.45) is 4.78. The Labute approximate surface area is 88.3 Å². The maximum atomic E-state index is 10.1. The van der Waals surface area contributed by atoms with Crippen LogP contribution in [0.3, 0.4) is 0 Å². The highest BCUT2D eigenvalue weighted by atomic mass is 16.1. The number of allylic oxidation sites excluding steroid dienone is 2. The van der Waals surface area contributed by atoms with Gasteiger partial charge in [0.25, 0.3) is 0 Å². The van der Waals surface area contributed by atoms with E-state index in [2.05, 4.69) is 4.98 Å². The number of pyridine rings is 1. The molecule has 0 amide bonds. The second-order valence-electron chi connectivity index (χ2n) is 3.26. The molecule has 0 unspecified atom stereocenters. The highest BCUT2D eigenvalue weighted by molar-refractivity contribution is 5.78. The van der Waals surface area contributed by atoms with Crippen LogP contribution in [0.5, 0.6) is 0 Å². The highest BCUT2D eigenvalue weighted by Gasteiger charge is 1.95. The predicted octanol–water partition coefficient (Wildman–Crippen LogP) is 2.53. The van der Waals surface area contributed by atoms with Crippen LogP contribution in [0.1, 0.15) is 5.69 Å². The van der Waals surface area contributed by atoms with Crippen LogP contribution in [-0.2, 0) is 11.2 Å². The summed E-state index contributed by atoms with van der Waals surface area (Å²) in [7, 11) is 0. The van der Waals surface area contributed by atoms with E-state index in [1.165, 1.54) is 6.08 Å². The second kappa shape index (κ2) is 4.51. The van der Waals surface area contributed by atoms with Crippen LogP contribution in [0.2, 0.25) is 0 Å². The Morgan fingerprint density at radius 1 is 1.13 bits per heavy atom. The Kier molecular flexibility index (Phi) is 2.88. The lowest BCUT2D eigenvalue weighted by Crippen LogP contribution is -1.87. The molecule has 2 heteroatoms. The molecule has 0 saturated heterocycles. The molecule has 0 atom stereocenters. The number of carbonyl (C=O) groups excluding carboxylic acids is 1. The van der Waals surface area contributed by atoms with Crippen LogP contribution in [0.25, 0.3) is 10.9 Å². The number of hydrogen-bond donors (Lipinski definition) is 0. The molecule has 1 heterocycles. The lowest BCUT2D eigenvalue weighted by molar-refractivity contribution is -0.104. The zero-order valence-corrected chi connectivity index (χ0v) is 8.26. The first-order valence-corrected chi connectivity index (χ1v) is 4.85. The number of rotatable bonds is 3. The molecule has 0 saturated carbocycles. The summed E-state index contributed by atoms with van der Waals surface area (Å²) in [6, 6.07) is 12.0. The third-order valence-electron chi connectivity index (χ3n) is 2.20. The van der Waals surface area contributed by atoms with Crippen molar-refractivity contribution in [3.05, 3.63) is 54.2 Å². The fourth-order valence-corrected chi connectivity index (χ4v) is 1.47. The topological polar surface area (TPSA) is 30.0 Å². The van der Waals surface area contributed by atoms with Gasteiger partial charge < -0.3 is 0 Å². The minimum absolute atomic E-state index is 0.698. The molecule has 1 aromatic carbocycles. The summed E-state index contributed by atoms with van der Waals surface area (Å²) in [4.78, 5) is 14.6. The predicted molar refractivity (Wildman–Crippen MR) is 60.7 cm³/mol. The van der Waals surface area contributed by atoms with Crippen LogP contribution in [0.15, 0.2) is 48.6 Å². The summed E-state index contributed by atoms with van der Waals surface area (Å²) >= 11 is 0. The molecular formula is C13H11NO. The minimum atomic E-state index is 0.698. The van der Waals surface area contributed by atoms with Crippen molar-refractivity contribution in [2.75, 3.05) is 0 Å². The fraction of sp³-hybridized carbons (Fsp3) is 0.0769. The lowest BCUT2D eigenvalue weighted by Gasteiger charge is -1.99. The summed E-state index contributed by atoms with van der Waals surface area (Å²) in [5.41, 5.74) is 1.97. The number of nitrogens with zero attached hydrogens (tertiary/aromatic N) is 1. The number of fused-ring (bicyclic) bond motifs is 1. The Bertz CT molecular complexity index is 503. The van der Waals surface area contributed by atoms with Gasteiger partial charge >= 0.3 is 0 Å². The van der Waals surface area contributed by atoms with Gasteiger partial charge in [-0.15, -0.1) is 0 Å². The number of carbonyl (C=O) groups is 1. The van der Waals surface area contributed by atoms with Crippen LogP contribution >= 0.6 is 0 Å². The zero-order valence-electron chi connectivity index (χ0n) is 8.26. The molecule has 2 aromatic rings. The van der Waals surface area contributed by atoms with E-state index in [0.29, 0.717) is 6.42 Å². The summed E-state index contributed by atoms with van der Waals surface area (Å²) < 4.78 is 0. The molecule has 0 aliphatic heterocycles. The number of hydrogen-bond acceptors (Lipinski definition) is 2. The van der Waals surface area contributed by atoms with E-state index in [0.717, 1.165) is 22.9 Å². The van der Waals surface area contributed by atoms with Gasteiger partial charge in [0.1, 0.15) is 6.29 Å². The van der Waals surface area contributed by atoms with Crippen molar-refractivity contribution in [1.82, 2.24) is 4.98 Å². The molecular weight excluding hydrogens is 186 g/mol. The van der Waals surface area contributed by atoms with Gasteiger partial charge in [-0.2, -0.15) is 0 Å². The van der Waals surface area contributed by atoms with Crippen molar-refractivity contribution >= 4 is 17.2 Å². The van der Waals surface area contributed by atoms with Gasteiger partial charge in [-0.3, -0.25) is 9.78 Å². The number of para-hydroxylation sites is 1. The zero-order chi connectivity index (χ0) is 10.5. The normalized spacial score (nSPS) is 10.9. The van der Waals surface area contributed by atoms with Crippen LogP contribution in [0.4, 0.5) is 0 Å². The Morgan fingerprint density at radius 3 is 2.87 bits per heavy atom. The van der Waals surface area contributed by atoms with Gasteiger partial charge in [0, 0.05) is 17.5 Å². The highest BCUT2D eigenvalue weighted by Crippen LogP contribution is 2.11. The van der Waals surface area contributed by atoms with Gasteiger partial charge in [0.15, 0.2) is 0 Å². The Hall–Kier alpha value is -1.96. The minimum Gasteiger partial charge on any atom is -0.299 e. The molecule has 1 aromatic heterocycles. The average Bonchev–Trinajstić information content (AvgIpc) is 2.29. The summed E-state index contributed by atoms with van der Waals surface area (Å²) in [6.45, 7) is 0. The molecule has 0 aliphatic rings. The number of benzene rings is 1. The first-order valence-electron chi connectivity index (χ1n) is 4.85. The van der Waals surface area contributed by atoms with Gasteiger partial charge in [-0.1, -0.05) is 30.3 Å². The van der Waals surface area contributed by atoms with Crippen LogP contribution in [-0.4, -0.2) is 11.3 Å². The average molecular weight is 197 g/mol. The van der Waals surface area contributed by atoms with E-state index < -0.39 is 0 Å². The third kappa shape index (κ3) is 2.29. The quantitative estimate of drug-likeness (QED) is 0.559. The summed E-state index contributed by atoms with van der Waals surface area (Å²) in [5.74, 6) is 0. The van der Waals surface area contributed by atoms with Crippen molar-refractivity contribution in [3.63, 3.8) is 0 Å². The van der Waals surface area contributed by atoms with E-state index in [1.807, 2.05) is 42.5 Å². The molecule has 0 N–H and O–H groups in total. The van der Waals surface area contributed by atoms with Crippen LogP contribution in [0, 0.1) is 0 Å². The molecule has 0 radical (unpaired) electrons. The molecule has 0 bridgehead atoms. The van der Waals surface area contributed by atoms with E-state index in [1.54, 1.807) is 0 Å². The largest absolute Gasteiger partial charge is 0.299 e. The number of aromatic nitrogens is 1. The maximum Gasteiger partial charge on any atom is 0.142 e. The first-order chi connectivity index (χ1) is 7.40. The summed E-state index contributed by atoms with van der Waals surface area (Å²) in [5, 5.41) is 1.14. The van der Waals surface area contributed by atoms with E-state index in [-0.39, 0.29) is 0 Å². The van der Waals surface area contributed by atoms with E-state index in [9.17, 15) is 4.79 Å². The number of aldehydes is 1. The van der Waals surface area contributed by atoms with Gasteiger partial charge in [0.2, 0.25) is 0 Å². The molecule has 2 nitrogen and oxygen atoms in total. The molecule has 15 heavy (non-hydrogen) atoms. The van der Waals surface area contributed by atoms with Crippen molar-refractivity contribution in [2.45, 2.75) is 6.42 Å². The monoisotopic (exact) mass is 197 g/mol. The molecule has 0 aliphatic carbocycles. The van der Waals surface area contributed by atoms with Crippen molar-refractivity contribution < 1.29 is 4.79 Å². The molecule has 2 rings (SSSR count). The van der Waals surface area contributed by atoms with Gasteiger partial charge in [-0.05, 0) is 18.2 Å². The fourth-order valence-electron chi connectivity index (χ4n) is 1.47. The SMILES string of the molecule is O=CC=CCc1ccc2ccccc2n1. The smallest absolute Gasteiger partial charge is 0.142 e. The van der Waals surface area contributed by atoms with Gasteiger partial charge in [0.05, 0.1) is 5.52 Å². The molecule has 74 valence electrons. The van der Waals surface area contributed by atoms with Crippen LogP contribution < -0.4 is 0 Å². The third-order valence-corrected chi connectivity index (χ3v) is 2.20. The van der Waals surface area contributed by atoms with E-state index >= 15 is 0 Å².